The van der Waals surface area contributed by atoms with Crippen molar-refractivity contribution >= 4 is 22.4 Å². The predicted octanol–water partition coefficient (Wildman–Crippen LogP) is 3.08. The normalized spacial score (nSPS) is 10.5. The minimum atomic E-state index is -0.194. The lowest BCUT2D eigenvalue weighted by atomic mass is 10.2. The van der Waals surface area contributed by atoms with Crippen LogP contribution in [0.15, 0.2) is 40.9 Å². The number of carbonyl (C=O) groups is 1. The van der Waals surface area contributed by atoms with Crippen molar-refractivity contribution in [3.05, 3.63) is 53.7 Å². The molecule has 0 radical (unpaired) electrons. The summed E-state index contributed by atoms with van der Waals surface area (Å²) in [4.78, 5) is 16.5. The fourth-order valence-electron chi connectivity index (χ4n) is 2.18. The van der Waals surface area contributed by atoms with E-state index in [0.717, 1.165) is 10.6 Å². The number of rotatable bonds is 5. The Morgan fingerprint density at radius 2 is 2.09 bits per heavy atom. The van der Waals surface area contributed by atoms with Gasteiger partial charge in [-0.1, -0.05) is 30.3 Å². The molecular formula is C16H16N4O2S. The number of nitrogens with one attached hydrogen (secondary N) is 2. The molecular weight excluding hydrogens is 312 g/mol. The fourth-order valence-corrected chi connectivity index (χ4v) is 2.92. The van der Waals surface area contributed by atoms with Crippen LogP contribution in [0.25, 0.3) is 11.3 Å². The largest absolute Gasteiger partial charge is 0.439 e. The summed E-state index contributed by atoms with van der Waals surface area (Å²) in [5, 5.41) is 6.54. The first-order valence-electron chi connectivity index (χ1n) is 7.11. The summed E-state index contributed by atoms with van der Waals surface area (Å²) in [6.07, 6.45) is 1.66. The molecule has 0 saturated carbocycles. The summed E-state index contributed by atoms with van der Waals surface area (Å²) in [5.74, 6) is 0.947. The summed E-state index contributed by atoms with van der Waals surface area (Å²) in [5.41, 5.74) is 2.22. The highest BCUT2D eigenvalue weighted by atomic mass is 32.1. The van der Waals surface area contributed by atoms with E-state index in [9.17, 15) is 4.79 Å². The van der Waals surface area contributed by atoms with Gasteiger partial charge in [0, 0.05) is 12.6 Å². The van der Waals surface area contributed by atoms with E-state index < -0.39 is 0 Å². The van der Waals surface area contributed by atoms with Crippen molar-refractivity contribution in [3.63, 3.8) is 0 Å². The number of nitrogens with zero attached hydrogens (tertiary/aromatic N) is 2. The molecule has 1 amide bonds. The first kappa shape index (κ1) is 15.2. The molecule has 7 heteroatoms. The van der Waals surface area contributed by atoms with Crippen LogP contribution in [0.1, 0.15) is 21.9 Å². The monoisotopic (exact) mass is 328 g/mol. The molecule has 0 unspecified atom stereocenters. The average molecular weight is 328 g/mol. The highest BCUT2D eigenvalue weighted by Crippen LogP contribution is 2.24. The lowest BCUT2D eigenvalue weighted by Gasteiger charge is -2.04. The highest BCUT2D eigenvalue weighted by molar-refractivity contribution is 7.10. The van der Waals surface area contributed by atoms with Gasteiger partial charge in [-0.15, -0.1) is 0 Å². The van der Waals surface area contributed by atoms with E-state index in [-0.39, 0.29) is 12.5 Å². The third-order valence-corrected chi connectivity index (χ3v) is 4.28. The van der Waals surface area contributed by atoms with Crippen LogP contribution in [0.3, 0.4) is 0 Å². The first-order chi connectivity index (χ1) is 11.2. The molecule has 0 spiro atoms. The standard InChI is InChI=1S/C16H16N4O2S/c1-10-14(16(17-2)23-20-10)15(21)19-9-13-18-8-12(22-13)11-6-4-3-5-7-11/h3-8,17H,9H2,1-2H3,(H,19,21). The van der Waals surface area contributed by atoms with Crippen LogP contribution >= 0.6 is 11.5 Å². The topological polar surface area (TPSA) is 80.0 Å². The molecule has 2 N–H and O–H groups in total. The third kappa shape index (κ3) is 3.24. The number of amides is 1. The zero-order chi connectivity index (χ0) is 16.2. The molecule has 23 heavy (non-hydrogen) atoms. The zero-order valence-corrected chi connectivity index (χ0v) is 13.6. The molecule has 0 aliphatic rings. The van der Waals surface area contributed by atoms with Crippen molar-refractivity contribution < 1.29 is 9.21 Å². The van der Waals surface area contributed by atoms with Gasteiger partial charge >= 0.3 is 0 Å². The Bertz CT molecular complexity index is 811. The molecule has 0 atom stereocenters. The summed E-state index contributed by atoms with van der Waals surface area (Å²) in [6, 6.07) is 9.71. The second-order valence-corrected chi connectivity index (χ2v) is 5.66. The Labute approximate surface area is 137 Å². The van der Waals surface area contributed by atoms with Crippen LogP contribution in [-0.4, -0.2) is 22.3 Å². The summed E-state index contributed by atoms with van der Waals surface area (Å²) in [6.45, 7) is 2.04. The number of aryl methyl sites for hydroxylation is 1. The minimum Gasteiger partial charge on any atom is -0.439 e. The number of carbonyl (C=O) groups excluding carboxylic acids is 1. The summed E-state index contributed by atoms with van der Waals surface area (Å²) in [7, 11) is 1.77. The van der Waals surface area contributed by atoms with E-state index in [2.05, 4.69) is 20.0 Å². The highest BCUT2D eigenvalue weighted by Gasteiger charge is 2.18. The summed E-state index contributed by atoms with van der Waals surface area (Å²) < 4.78 is 9.86. The van der Waals surface area contributed by atoms with Gasteiger partial charge in [-0.2, -0.15) is 4.37 Å². The Hall–Kier alpha value is -2.67. The van der Waals surface area contributed by atoms with Gasteiger partial charge in [0.2, 0.25) is 5.89 Å². The van der Waals surface area contributed by atoms with Crippen molar-refractivity contribution in [1.29, 1.82) is 0 Å². The summed E-state index contributed by atoms with van der Waals surface area (Å²) >= 11 is 1.27. The van der Waals surface area contributed by atoms with Gasteiger partial charge in [0.15, 0.2) is 5.76 Å². The molecule has 3 rings (SSSR count). The Morgan fingerprint density at radius 1 is 1.30 bits per heavy atom. The van der Waals surface area contributed by atoms with Crippen LogP contribution < -0.4 is 10.6 Å². The maximum Gasteiger partial charge on any atom is 0.256 e. The molecule has 2 heterocycles. The van der Waals surface area contributed by atoms with E-state index in [4.69, 9.17) is 4.42 Å². The number of oxazole rings is 1. The van der Waals surface area contributed by atoms with Crippen LogP contribution in [0, 0.1) is 6.92 Å². The Balaban J connectivity index is 1.68. The smallest absolute Gasteiger partial charge is 0.256 e. The molecule has 0 fully saturated rings. The van der Waals surface area contributed by atoms with Gasteiger partial charge in [-0.3, -0.25) is 4.79 Å². The molecule has 0 aliphatic heterocycles. The predicted molar refractivity (Wildman–Crippen MR) is 89.5 cm³/mol. The number of hydrogen-bond acceptors (Lipinski definition) is 6. The fraction of sp³-hybridized carbons (Fsp3) is 0.188. The maximum absolute atomic E-state index is 12.3. The lowest BCUT2D eigenvalue weighted by Crippen LogP contribution is -2.24. The molecule has 0 aliphatic carbocycles. The van der Waals surface area contributed by atoms with Crippen LogP contribution in [-0.2, 0) is 6.54 Å². The molecule has 0 bridgehead atoms. The molecule has 3 aromatic rings. The SMILES string of the molecule is CNc1snc(C)c1C(=O)NCc1ncc(-c2ccccc2)o1. The number of aromatic nitrogens is 2. The van der Waals surface area contributed by atoms with Gasteiger partial charge in [-0.25, -0.2) is 4.98 Å². The Kier molecular flexibility index (Phi) is 4.38. The van der Waals surface area contributed by atoms with E-state index in [1.165, 1.54) is 11.5 Å². The van der Waals surface area contributed by atoms with Gasteiger partial charge in [0.05, 0.1) is 24.0 Å². The lowest BCUT2D eigenvalue weighted by molar-refractivity contribution is 0.0947. The van der Waals surface area contributed by atoms with Crippen molar-refractivity contribution in [3.8, 4) is 11.3 Å². The average Bonchev–Trinajstić information content (AvgIpc) is 3.20. The molecule has 118 valence electrons. The number of anilines is 1. The van der Waals surface area contributed by atoms with E-state index in [1.807, 2.05) is 37.3 Å². The van der Waals surface area contributed by atoms with Gasteiger partial charge in [0.1, 0.15) is 5.00 Å². The van der Waals surface area contributed by atoms with Crippen LogP contribution in [0.2, 0.25) is 0 Å². The zero-order valence-electron chi connectivity index (χ0n) is 12.8. The molecule has 0 saturated heterocycles. The first-order valence-corrected chi connectivity index (χ1v) is 7.88. The van der Waals surface area contributed by atoms with E-state index >= 15 is 0 Å². The van der Waals surface area contributed by atoms with Crippen molar-refractivity contribution in [2.75, 3.05) is 12.4 Å². The second kappa shape index (κ2) is 6.62. The van der Waals surface area contributed by atoms with E-state index in [0.29, 0.717) is 22.9 Å². The maximum atomic E-state index is 12.3. The molecule has 2 aromatic heterocycles. The number of benzene rings is 1. The third-order valence-electron chi connectivity index (χ3n) is 3.33. The van der Waals surface area contributed by atoms with E-state index in [1.54, 1.807) is 13.2 Å². The van der Waals surface area contributed by atoms with Crippen LogP contribution in [0.5, 0.6) is 0 Å². The van der Waals surface area contributed by atoms with Crippen molar-refractivity contribution in [2.45, 2.75) is 13.5 Å². The quantitative estimate of drug-likeness (QED) is 0.752. The van der Waals surface area contributed by atoms with Gasteiger partial charge in [0.25, 0.3) is 5.91 Å². The molecule has 1 aromatic carbocycles. The number of hydrogen-bond donors (Lipinski definition) is 2. The minimum absolute atomic E-state index is 0.194. The van der Waals surface area contributed by atoms with Gasteiger partial charge < -0.3 is 15.1 Å². The van der Waals surface area contributed by atoms with Gasteiger partial charge in [-0.05, 0) is 18.5 Å². The second-order valence-electron chi connectivity index (χ2n) is 4.89. The van der Waals surface area contributed by atoms with Crippen molar-refractivity contribution in [2.24, 2.45) is 0 Å². The molecule has 6 nitrogen and oxygen atoms in total. The van der Waals surface area contributed by atoms with Crippen LogP contribution in [0.4, 0.5) is 5.00 Å². The Morgan fingerprint density at radius 3 is 2.83 bits per heavy atom. The van der Waals surface area contributed by atoms with Crippen molar-refractivity contribution in [1.82, 2.24) is 14.7 Å².